The lowest BCUT2D eigenvalue weighted by Gasteiger charge is -2.18. The van der Waals surface area contributed by atoms with E-state index < -0.39 is 11.6 Å². The Kier molecular flexibility index (Phi) is 5.13. The Labute approximate surface area is 130 Å². The molecule has 2 aromatic carbocycles. The Morgan fingerprint density at radius 3 is 2.35 bits per heavy atom. The molecular weight excluding hydrogens is 348 g/mol. The lowest BCUT2D eigenvalue weighted by atomic mass is 9.99. The third-order valence-electron chi connectivity index (χ3n) is 3.12. The molecule has 2 aromatic rings. The number of rotatable bonds is 4. The zero-order valence-corrected chi connectivity index (χ0v) is 13.1. The molecule has 2 rings (SSSR count). The molecule has 106 valence electrons. The zero-order chi connectivity index (χ0) is 14.7. The highest BCUT2D eigenvalue weighted by Crippen LogP contribution is 2.28. The number of nitrogens with one attached hydrogen (secondary N) is 1. The van der Waals surface area contributed by atoms with Gasteiger partial charge in [0.15, 0.2) is 11.6 Å². The average molecular weight is 361 g/mol. The molecule has 0 amide bonds. The number of benzene rings is 2. The van der Waals surface area contributed by atoms with E-state index in [0.29, 0.717) is 12.0 Å². The van der Waals surface area contributed by atoms with Crippen molar-refractivity contribution in [2.24, 2.45) is 0 Å². The topological polar surface area (TPSA) is 12.0 Å². The van der Waals surface area contributed by atoms with Gasteiger partial charge in [-0.2, -0.15) is 0 Å². The molecule has 5 heteroatoms. The first-order valence-electron chi connectivity index (χ1n) is 6.07. The van der Waals surface area contributed by atoms with Crippen molar-refractivity contribution in [3.8, 4) is 0 Å². The van der Waals surface area contributed by atoms with E-state index in [0.717, 1.165) is 22.2 Å². The highest BCUT2D eigenvalue weighted by molar-refractivity contribution is 9.10. The maximum atomic E-state index is 13.4. The lowest BCUT2D eigenvalue weighted by molar-refractivity contribution is 0.501. The molecule has 0 aliphatic rings. The molecule has 1 atom stereocenters. The van der Waals surface area contributed by atoms with E-state index in [2.05, 4.69) is 21.2 Å². The molecule has 0 saturated carbocycles. The van der Waals surface area contributed by atoms with Crippen molar-refractivity contribution in [1.82, 2.24) is 5.32 Å². The second kappa shape index (κ2) is 6.66. The van der Waals surface area contributed by atoms with Crippen LogP contribution in [-0.2, 0) is 6.42 Å². The standard InChI is InChI=1S/C15H13BrClF2N/c1-20-15(6-9-2-4-10(16)5-3-9)11-7-13(18)14(19)8-12(11)17/h2-5,7-8,15,20H,6H2,1H3. The molecule has 1 nitrogen and oxygen atoms in total. The van der Waals surface area contributed by atoms with E-state index in [1.54, 1.807) is 7.05 Å². The fraction of sp³-hybridized carbons (Fsp3) is 0.200. The van der Waals surface area contributed by atoms with Crippen LogP contribution in [0.1, 0.15) is 17.2 Å². The van der Waals surface area contributed by atoms with Crippen LogP contribution < -0.4 is 5.32 Å². The monoisotopic (exact) mass is 359 g/mol. The van der Waals surface area contributed by atoms with Crippen molar-refractivity contribution in [2.75, 3.05) is 7.05 Å². The molecule has 1 unspecified atom stereocenters. The van der Waals surface area contributed by atoms with Gasteiger partial charge >= 0.3 is 0 Å². The number of halogens is 4. The normalized spacial score (nSPS) is 12.4. The molecule has 0 spiro atoms. The van der Waals surface area contributed by atoms with Crippen molar-refractivity contribution in [2.45, 2.75) is 12.5 Å². The molecule has 1 N–H and O–H groups in total. The van der Waals surface area contributed by atoms with Crippen LogP contribution in [-0.4, -0.2) is 7.05 Å². The fourth-order valence-corrected chi connectivity index (χ4v) is 2.58. The summed E-state index contributed by atoms with van der Waals surface area (Å²) in [5, 5.41) is 3.31. The smallest absolute Gasteiger partial charge is 0.160 e. The Bertz CT molecular complexity index is 602. The predicted molar refractivity (Wildman–Crippen MR) is 81.0 cm³/mol. The molecular formula is C15H13BrClF2N. The summed E-state index contributed by atoms with van der Waals surface area (Å²) in [6, 6.07) is 9.81. The highest BCUT2D eigenvalue weighted by Gasteiger charge is 2.17. The first kappa shape index (κ1) is 15.4. The first-order valence-corrected chi connectivity index (χ1v) is 7.24. The summed E-state index contributed by atoms with van der Waals surface area (Å²) in [6.07, 6.45) is 0.634. The van der Waals surface area contributed by atoms with E-state index in [-0.39, 0.29) is 11.1 Å². The van der Waals surface area contributed by atoms with Crippen molar-refractivity contribution in [1.29, 1.82) is 0 Å². The molecule has 0 heterocycles. The molecule has 0 aromatic heterocycles. The van der Waals surface area contributed by atoms with Gasteiger partial charge in [0.25, 0.3) is 0 Å². The van der Waals surface area contributed by atoms with Gasteiger partial charge in [0.05, 0.1) is 0 Å². The molecule has 20 heavy (non-hydrogen) atoms. The maximum Gasteiger partial charge on any atom is 0.160 e. The zero-order valence-electron chi connectivity index (χ0n) is 10.8. The molecule has 0 aliphatic heterocycles. The van der Waals surface area contributed by atoms with E-state index in [9.17, 15) is 8.78 Å². The summed E-state index contributed by atoms with van der Waals surface area (Å²) in [6.45, 7) is 0. The maximum absolute atomic E-state index is 13.4. The fourth-order valence-electron chi connectivity index (χ4n) is 2.03. The van der Waals surface area contributed by atoms with Crippen LogP contribution in [0.2, 0.25) is 5.02 Å². The van der Waals surface area contributed by atoms with Gasteiger partial charge in [0.1, 0.15) is 0 Å². The van der Waals surface area contributed by atoms with Crippen LogP contribution in [0.3, 0.4) is 0 Å². The van der Waals surface area contributed by atoms with E-state index in [1.165, 1.54) is 0 Å². The number of hydrogen-bond donors (Lipinski definition) is 1. The van der Waals surface area contributed by atoms with Crippen LogP contribution in [0.5, 0.6) is 0 Å². The van der Waals surface area contributed by atoms with Gasteiger partial charge in [-0.05, 0) is 48.9 Å². The van der Waals surface area contributed by atoms with Gasteiger partial charge in [0, 0.05) is 15.5 Å². The third-order valence-corrected chi connectivity index (χ3v) is 3.97. The second-order valence-electron chi connectivity index (χ2n) is 4.46. The minimum atomic E-state index is -0.933. The summed E-state index contributed by atoms with van der Waals surface area (Å²) in [5.74, 6) is -1.82. The van der Waals surface area contributed by atoms with Gasteiger partial charge in [-0.25, -0.2) is 8.78 Å². The first-order chi connectivity index (χ1) is 9.51. The van der Waals surface area contributed by atoms with Crippen LogP contribution >= 0.6 is 27.5 Å². The average Bonchev–Trinajstić information content (AvgIpc) is 2.43. The summed E-state index contributed by atoms with van der Waals surface area (Å²) in [4.78, 5) is 0. The summed E-state index contributed by atoms with van der Waals surface area (Å²) in [5.41, 5.74) is 1.63. The van der Waals surface area contributed by atoms with Crippen molar-refractivity contribution in [3.05, 3.63) is 68.7 Å². The van der Waals surface area contributed by atoms with Gasteiger partial charge in [-0.1, -0.05) is 39.7 Å². The van der Waals surface area contributed by atoms with Gasteiger partial charge in [-0.15, -0.1) is 0 Å². The van der Waals surface area contributed by atoms with E-state index in [1.807, 2.05) is 24.3 Å². The highest BCUT2D eigenvalue weighted by atomic mass is 79.9. The van der Waals surface area contributed by atoms with Crippen molar-refractivity contribution in [3.63, 3.8) is 0 Å². The van der Waals surface area contributed by atoms with E-state index in [4.69, 9.17) is 11.6 Å². The molecule has 0 saturated heterocycles. The van der Waals surface area contributed by atoms with Crippen molar-refractivity contribution < 1.29 is 8.78 Å². The minimum Gasteiger partial charge on any atom is -0.313 e. The van der Waals surface area contributed by atoms with Gasteiger partial charge in [0.2, 0.25) is 0 Å². The van der Waals surface area contributed by atoms with Crippen LogP contribution in [0.4, 0.5) is 8.78 Å². The number of hydrogen-bond acceptors (Lipinski definition) is 1. The molecule has 0 fully saturated rings. The SMILES string of the molecule is CNC(Cc1ccc(Br)cc1)c1cc(F)c(F)cc1Cl. The van der Waals surface area contributed by atoms with Crippen LogP contribution in [0.15, 0.2) is 40.9 Å². The second-order valence-corrected chi connectivity index (χ2v) is 5.78. The lowest BCUT2D eigenvalue weighted by Crippen LogP contribution is -2.19. The predicted octanol–water partition coefficient (Wildman–Crippen LogP) is 4.88. The Balaban J connectivity index is 2.28. The third kappa shape index (κ3) is 3.57. The van der Waals surface area contributed by atoms with Crippen molar-refractivity contribution >= 4 is 27.5 Å². The minimum absolute atomic E-state index is 0.182. The Morgan fingerprint density at radius 1 is 1.15 bits per heavy atom. The largest absolute Gasteiger partial charge is 0.313 e. The molecule has 0 aliphatic carbocycles. The Morgan fingerprint density at radius 2 is 1.75 bits per heavy atom. The van der Waals surface area contributed by atoms with E-state index >= 15 is 0 Å². The number of likely N-dealkylation sites (N-methyl/N-ethyl adjacent to an activating group) is 1. The summed E-state index contributed by atoms with van der Waals surface area (Å²) < 4.78 is 27.5. The Hall–Kier alpha value is -0.970. The van der Waals surface area contributed by atoms with Gasteiger partial charge in [-0.3, -0.25) is 0 Å². The van der Waals surface area contributed by atoms with Crippen LogP contribution in [0, 0.1) is 11.6 Å². The quantitative estimate of drug-likeness (QED) is 0.766. The molecule has 0 bridgehead atoms. The molecule has 0 radical (unpaired) electrons. The van der Waals surface area contributed by atoms with Gasteiger partial charge < -0.3 is 5.32 Å². The summed E-state index contributed by atoms with van der Waals surface area (Å²) >= 11 is 9.39. The van der Waals surface area contributed by atoms with Crippen LogP contribution in [0.25, 0.3) is 0 Å². The summed E-state index contributed by atoms with van der Waals surface area (Å²) in [7, 11) is 1.76.